The van der Waals surface area contributed by atoms with Crippen LogP contribution in [-0.2, 0) is 29.7 Å². The minimum atomic E-state index is -3.38. The first kappa shape index (κ1) is 15.0. The van der Waals surface area contributed by atoms with Gasteiger partial charge in [-0.25, -0.2) is 17.6 Å². The number of rotatable bonds is 4. The van der Waals surface area contributed by atoms with Crippen LogP contribution in [0.15, 0.2) is 34.6 Å². The van der Waals surface area contributed by atoms with Gasteiger partial charge in [0.2, 0.25) is 10.0 Å². The van der Waals surface area contributed by atoms with E-state index in [9.17, 15) is 8.42 Å². The highest BCUT2D eigenvalue weighted by atomic mass is 32.2. The van der Waals surface area contributed by atoms with Gasteiger partial charge in [-0.05, 0) is 31.4 Å². The highest BCUT2D eigenvalue weighted by Gasteiger charge is 2.49. The Morgan fingerprint density at radius 3 is 2.55 bits per heavy atom. The smallest absolute Gasteiger partial charge is 0.228 e. The van der Waals surface area contributed by atoms with Crippen LogP contribution in [0.1, 0.15) is 25.1 Å². The lowest BCUT2D eigenvalue weighted by molar-refractivity contribution is -0.659. The van der Waals surface area contributed by atoms with Crippen LogP contribution in [0.3, 0.4) is 0 Å². The van der Waals surface area contributed by atoms with Crippen molar-refractivity contribution in [2.75, 3.05) is 6.26 Å². The number of hydrogen-bond acceptors (Lipinski definition) is 4. The van der Waals surface area contributed by atoms with Gasteiger partial charge in [0.15, 0.2) is 16.6 Å². The summed E-state index contributed by atoms with van der Waals surface area (Å²) in [6.45, 7) is 0. The van der Waals surface area contributed by atoms with Crippen LogP contribution in [0, 0.1) is 0 Å². The molecule has 0 bridgehead atoms. The summed E-state index contributed by atoms with van der Waals surface area (Å²) in [5, 5.41) is 8.05. The van der Waals surface area contributed by atoms with Crippen molar-refractivity contribution in [2.45, 2.75) is 24.8 Å². The Hall–Kier alpha value is -1.96. The fourth-order valence-electron chi connectivity index (χ4n) is 3.18. The van der Waals surface area contributed by atoms with E-state index in [1.807, 2.05) is 26.2 Å². The van der Waals surface area contributed by atoms with Crippen molar-refractivity contribution in [1.82, 2.24) is 9.40 Å². The van der Waals surface area contributed by atoms with E-state index in [4.69, 9.17) is 0 Å². The van der Waals surface area contributed by atoms with Gasteiger partial charge in [-0.3, -0.25) is 0 Å². The van der Waals surface area contributed by atoms with Crippen LogP contribution in [0.2, 0.25) is 0 Å². The molecule has 8 heteroatoms. The normalized spacial score (nSPS) is 17.8. The molecule has 0 amide bonds. The number of nitrogens with one attached hydrogen (secondary N) is 1. The largest absolute Gasteiger partial charge is 0.287 e. The Balaban J connectivity index is 2.08. The van der Waals surface area contributed by atoms with Crippen LogP contribution in [0.25, 0.3) is 11.0 Å². The topological polar surface area (TPSA) is 79.7 Å². The third-order valence-electron chi connectivity index (χ3n) is 4.28. The van der Waals surface area contributed by atoms with Crippen LogP contribution in [-0.4, -0.2) is 19.2 Å². The molecular formula is C14H20N5O2S+. The molecule has 1 aromatic heterocycles. The minimum absolute atomic E-state index is 0.458. The highest BCUT2D eigenvalue weighted by Crippen LogP contribution is 2.44. The molecule has 1 aliphatic carbocycles. The van der Waals surface area contributed by atoms with Crippen molar-refractivity contribution in [2.24, 2.45) is 24.4 Å². The minimum Gasteiger partial charge on any atom is -0.228 e. The number of hydrogen-bond donors (Lipinski definition) is 1. The molecule has 22 heavy (non-hydrogen) atoms. The summed E-state index contributed by atoms with van der Waals surface area (Å²) in [4.78, 5) is 2.10. The molecule has 0 aliphatic heterocycles. The first-order chi connectivity index (χ1) is 10.3. The zero-order valence-electron chi connectivity index (χ0n) is 12.9. The van der Waals surface area contributed by atoms with Gasteiger partial charge < -0.3 is 0 Å². The van der Waals surface area contributed by atoms with Gasteiger partial charge in [0, 0.05) is 0 Å². The van der Waals surface area contributed by atoms with Crippen LogP contribution in [0.4, 0.5) is 0 Å². The number of para-hydroxylation sites is 2. The van der Waals surface area contributed by atoms with Crippen LogP contribution >= 0.6 is 0 Å². The van der Waals surface area contributed by atoms with E-state index in [2.05, 4.69) is 36.4 Å². The molecule has 1 N–H and O–H groups in total. The van der Waals surface area contributed by atoms with E-state index >= 15 is 0 Å². The lowest BCUT2D eigenvalue weighted by Crippen LogP contribution is -2.46. The quantitative estimate of drug-likeness (QED) is 0.523. The molecule has 1 fully saturated rings. The van der Waals surface area contributed by atoms with Gasteiger partial charge in [0.25, 0.3) is 5.82 Å². The molecular weight excluding hydrogens is 302 g/mol. The van der Waals surface area contributed by atoms with E-state index in [1.54, 1.807) is 0 Å². The molecule has 3 rings (SSSR count). The van der Waals surface area contributed by atoms with Crippen molar-refractivity contribution < 1.29 is 13.0 Å². The summed E-state index contributed by atoms with van der Waals surface area (Å²) >= 11 is 0. The van der Waals surface area contributed by atoms with Crippen molar-refractivity contribution >= 4 is 21.1 Å². The number of fused-ring (bicyclic) bond motifs is 1. The molecule has 1 aromatic carbocycles. The molecule has 1 heterocycles. The zero-order chi connectivity index (χ0) is 16.0. The predicted molar refractivity (Wildman–Crippen MR) is 82.5 cm³/mol. The highest BCUT2D eigenvalue weighted by molar-refractivity contribution is 7.88. The Labute approximate surface area is 129 Å². The van der Waals surface area contributed by atoms with Gasteiger partial charge in [-0.2, -0.15) is 9.95 Å². The zero-order valence-corrected chi connectivity index (χ0v) is 13.8. The Morgan fingerprint density at radius 2 is 2.00 bits per heavy atom. The fourth-order valence-corrected chi connectivity index (χ4v) is 3.37. The maximum Gasteiger partial charge on any atom is 0.287 e. The van der Waals surface area contributed by atoms with Crippen molar-refractivity contribution in [3.63, 3.8) is 0 Å². The number of sulfonamides is 1. The average molecular weight is 322 g/mol. The van der Waals surface area contributed by atoms with Crippen LogP contribution < -0.4 is 9.40 Å². The lowest BCUT2D eigenvalue weighted by atomic mass is 9.76. The summed E-state index contributed by atoms with van der Waals surface area (Å²) in [6.07, 6.45) is 3.84. The molecule has 0 unspecified atom stereocenters. The second-order valence-corrected chi connectivity index (χ2v) is 7.61. The number of aromatic nitrogens is 2. The monoisotopic (exact) mass is 322 g/mol. The van der Waals surface area contributed by atoms with Gasteiger partial charge in [0.05, 0.1) is 20.4 Å². The summed E-state index contributed by atoms with van der Waals surface area (Å²) in [5.41, 5.74) is 1.79. The first-order valence-electron chi connectivity index (χ1n) is 7.17. The lowest BCUT2D eigenvalue weighted by Gasteiger charge is -2.33. The summed E-state index contributed by atoms with van der Waals surface area (Å²) in [7, 11) is 0.641. The SMILES string of the molecule is Cn1c(C2(N=NNS(C)(=O)=O)CCC2)[n+](C)c2ccccc21. The summed E-state index contributed by atoms with van der Waals surface area (Å²) in [6, 6.07) is 8.15. The Kier molecular flexibility index (Phi) is 3.43. The number of benzene rings is 1. The average Bonchev–Trinajstić information content (AvgIpc) is 2.66. The molecule has 1 saturated carbocycles. The molecule has 0 atom stereocenters. The predicted octanol–water partition coefficient (Wildman–Crippen LogP) is 1.30. The number of imidazole rings is 1. The van der Waals surface area contributed by atoms with E-state index < -0.39 is 15.6 Å². The molecule has 0 saturated heterocycles. The Bertz CT molecular complexity index is 810. The maximum absolute atomic E-state index is 11.2. The van der Waals surface area contributed by atoms with E-state index in [0.717, 1.165) is 42.4 Å². The molecule has 1 aliphatic rings. The van der Waals surface area contributed by atoms with Crippen LogP contribution in [0.5, 0.6) is 0 Å². The molecule has 118 valence electrons. The number of nitrogens with zero attached hydrogens (tertiary/aromatic N) is 4. The summed E-state index contributed by atoms with van der Waals surface area (Å²) in [5.74, 6) is 1.04. The third kappa shape index (κ3) is 2.37. The standard InChI is InChI=1S/C14H20N5O2S/c1-18-11-7-4-5-8-12(11)19(2)13(18)14(9-6-10-14)15-16-17-22(3,20)21/h4-5,7-8H,6,9-10H2,1-3H3,(H,15,17)/q+1. The van der Waals surface area contributed by atoms with Crippen molar-refractivity contribution in [3.8, 4) is 0 Å². The fraction of sp³-hybridized carbons (Fsp3) is 0.500. The third-order valence-corrected chi connectivity index (χ3v) is 4.70. The van der Waals surface area contributed by atoms with E-state index in [0.29, 0.717) is 0 Å². The molecule has 7 nitrogen and oxygen atoms in total. The second-order valence-electron chi connectivity index (χ2n) is 5.88. The van der Waals surface area contributed by atoms with E-state index in [-0.39, 0.29) is 0 Å². The number of aryl methyl sites for hydroxylation is 2. The van der Waals surface area contributed by atoms with Gasteiger partial charge in [-0.15, -0.1) is 0 Å². The van der Waals surface area contributed by atoms with Gasteiger partial charge >= 0.3 is 0 Å². The molecule has 0 spiro atoms. The van der Waals surface area contributed by atoms with Gasteiger partial charge in [0.1, 0.15) is 0 Å². The van der Waals surface area contributed by atoms with Crippen molar-refractivity contribution in [1.29, 1.82) is 0 Å². The molecule has 0 radical (unpaired) electrons. The van der Waals surface area contributed by atoms with Crippen molar-refractivity contribution in [3.05, 3.63) is 30.1 Å². The van der Waals surface area contributed by atoms with Gasteiger partial charge in [-0.1, -0.05) is 17.4 Å². The second kappa shape index (κ2) is 5.05. The first-order valence-corrected chi connectivity index (χ1v) is 9.06. The molecule has 2 aromatic rings. The maximum atomic E-state index is 11.2. The summed E-state index contributed by atoms with van der Waals surface area (Å²) < 4.78 is 26.6. The van der Waals surface area contributed by atoms with E-state index in [1.165, 1.54) is 0 Å². The Morgan fingerprint density at radius 1 is 1.32 bits per heavy atom.